The number of nitrogens with zero attached hydrogens (tertiary/aromatic N) is 5. The Kier molecular flexibility index (Phi) is 6.49. The molecule has 1 aliphatic heterocycles. The van der Waals surface area contributed by atoms with Crippen LogP contribution in [0.1, 0.15) is 22.8 Å². The molecule has 8 heteroatoms. The zero-order valence-corrected chi connectivity index (χ0v) is 18.5. The highest BCUT2D eigenvalue weighted by Crippen LogP contribution is 2.21. The number of hydrogen-bond donors (Lipinski definition) is 0. The molecular formula is C26H23F2N5O. The maximum atomic E-state index is 14.1. The number of ether oxygens (including phenoxy) is 1. The molecule has 1 saturated heterocycles. The van der Waals surface area contributed by atoms with Crippen LogP contribution < -0.4 is 4.90 Å². The van der Waals surface area contributed by atoms with E-state index >= 15 is 0 Å². The lowest BCUT2D eigenvalue weighted by Gasteiger charge is -2.28. The Morgan fingerprint density at radius 2 is 1.53 bits per heavy atom. The van der Waals surface area contributed by atoms with Crippen LogP contribution in [-0.4, -0.2) is 46.2 Å². The van der Waals surface area contributed by atoms with Gasteiger partial charge in [-0.15, -0.1) is 0 Å². The summed E-state index contributed by atoms with van der Waals surface area (Å²) in [6.07, 6.45) is 4.37. The van der Waals surface area contributed by atoms with Crippen molar-refractivity contribution in [2.45, 2.75) is 12.8 Å². The number of anilines is 1. The molecule has 0 N–H and O–H groups in total. The molecule has 34 heavy (non-hydrogen) atoms. The molecule has 1 aliphatic rings. The van der Waals surface area contributed by atoms with Crippen molar-refractivity contribution in [1.82, 2.24) is 19.9 Å². The fourth-order valence-corrected chi connectivity index (χ4v) is 3.93. The van der Waals surface area contributed by atoms with Gasteiger partial charge in [-0.3, -0.25) is 0 Å². The van der Waals surface area contributed by atoms with Crippen molar-refractivity contribution in [2.24, 2.45) is 0 Å². The van der Waals surface area contributed by atoms with Gasteiger partial charge in [0.05, 0.1) is 30.2 Å². The third-order valence-corrected chi connectivity index (χ3v) is 5.69. The lowest BCUT2D eigenvalue weighted by Crippen LogP contribution is -2.36. The van der Waals surface area contributed by atoms with Crippen LogP contribution in [0.2, 0.25) is 0 Å². The molecule has 0 unspecified atom stereocenters. The molecule has 1 fully saturated rings. The minimum atomic E-state index is -0.693. The molecule has 2 aromatic carbocycles. The Morgan fingerprint density at radius 3 is 2.29 bits per heavy atom. The van der Waals surface area contributed by atoms with E-state index in [0.717, 1.165) is 49.5 Å². The van der Waals surface area contributed by atoms with Gasteiger partial charge in [-0.2, -0.15) is 0 Å². The molecule has 0 aliphatic carbocycles. The molecule has 0 radical (unpaired) electrons. The third kappa shape index (κ3) is 5.23. The fraction of sp³-hybridized carbons (Fsp3) is 0.231. The van der Waals surface area contributed by atoms with Gasteiger partial charge in [-0.1, -0.05) is 12.1 Å². The summed E-state index contributed by atoms with van der Waals surface area (Å²) in [4.78, 5) is 20.0. The molecule has 6 nitrogen and oxygen atoms in total. The van der Waals surface area contributed by atoms with Crippen LogP contribution in [-0.2, 0) is 17.6 Å². The van der Waals surface area contributed by atoms with Crippen LogP contribution in [0.25, 0.3) is 11.4 Å². The van der Waals surface area contributed by atoms with E-state index in [4.69, 9.17) is 4.74 Å². The zero-order chi connectivity index (χ0) is 23.3. The first-order chi connectivity index (χ1) is 16.6. The van der Waals surface area contributed by atoms with Gasteiger partial charge in [0.15, 0.2) is 5.82 Å². The summed E-state index contributed by atoms with van der Waals surface area (Å²) < 4.78 is 32.8. The predicted molar refractivity (Wildman–Crippen MR) is 125 cm³/mol. The highest BCUT2D eigenvalue weighted by molar-refractivity contribution is 5.55. The average molecular weight is 460 g/mol. The van der Waals surface area contributed by atoms with Crippen molar-refractivity contribution >= 4 is 5.69 Å². The molecule has 0 bridgehead atoms. The highest BCUT2D eigenvalue weighted by Gasteiger charge is 2.12. The summed E-state index contributed by atoms with van der Waals surface area (Å²) >= 11 is 0. The predicted octanol–water partition coefficient (Wildman–Crippen LogP) is 4.23. The summed E-state index contributed by atoms with van der Waals surface area (Å²) in [7, 11) is 0. The van der Waals surface area contributed by atoms with Gasteiger partial charge in [0.1, 0.15) is 17.5 Å². The molecule has 0 atom stereocenters. The number of aromatic nitrogens is 4. The standard InChI is InChI=1S/C26H23F2N5O/c27-19-3-6-23(24(28)16-19)26-30-10-8-21(32-26)17-20-7-9-29-25(31-20)15-18-1-4-22(5-2-18)33-11-13-34-14-12-33/h1-10,16H,11-15,17H2. The summed E-state index contributed by atoms with van der Waals surface area (Å²) in [6.45, 7) is 3.33. The number of benzene rings is 2. The second kappa shape index (κ2) is 10.0. The summed E-state index contributed by atoms with van der Waals surface area (Å²) in [6, 6.07) is 15.4. The van der Waals surface area contributed by atoms with Crippen LogP contribution in [0, 0.1) is 11.6 Å². The number of halogens is 2. The van der Waals surface area contributed by atoms with Crippen molar-refractivity contribution in [1.29, 1.82) is 0 Å². The van der Waals surface area contributed by atoms with Crippen LogP contribution in [0.5, 0.6) is 0 Å². The minimum absolute atomic E-state index is 0.159. The quantitative estimate of drug-likeness (QED) is 0.430. The monoisotopic (exact) mass is 459 g/mol. The maximum Gasteiger partial charge on any atom is 0.162 e. The topological polar surface area (TPSA) is 64.0 Å². The second-order valence-corrected chi connectivity index (χ2v) is 8.08. The number of hydrogen-bond acceptors (Lipinski definition) is 6. The van der Waals surface area contributed by atoms with Gasteiger partial charge < -0.3 is 9.64 Å². The van der Waals surface area contributed by atoms with E-state index in [2.05, 4.69) is 49.1 Å². The van der Waals surface area contributed by atoms with Crippen LogP contribution >= 0.6 is 0 Å². The molecular weight excluding hydrogens is 436 g/mol. The maximum absolute atomic E-state index is 14.1. The summed E-state index contributed by atoms with van der Waals surface area (Å²) in [5.74, 6) is -0.400. The Balaban J connectivity index is 1.28. The first-order valence-electron chi connectivity index (χ1n) is 11.1. The molecule has 2 aromatic heterocycles. The Bertz CT molecular complexity index is 1280. The second-order valence-electron chi connectivity index (χ2n) is 8.08. The third-order valence-electron chi connectivity index (χ3n) is 5.69. The van der Waals surface area contributed by atoms with Gasteiger partial charge in [0.25, 0.3) is 0 Å². The highest BCUT2D eigenvalue weighted by atomic mass is 19.1. The van der Waals surface area contributed by atoms with Gasteiger partial charge in [0.2, 0.25) is 0 Å². The first kappa shape index (κ1) is 22.0. The zero-order valence-electron chi connectivity index (χ0n) is 18.5. The number of rotatable bonds is 6. The van der Waals surface area contributed by atoms with Crippen molar-refractivity contribution in [3.05, 3.63) is 101 Å². The molecule has 5 rings (SSSR count). The Labute approximate surface area is 196 Å². The molecule has 0 amide bonds. The van der Waals surface area contributed by atoms with Crippen molar-refractivity contribution < 1.29 is 13.5 Å². The first-order valence-corrected chi connectivity index (χ1v) is 11.1. The van der Waals surface area contributed by atoms with E-state index in [1.165, 1.54) is 17.8 Å². The molecule has 172 valence electrons. The Hall–Kier alpha value is -3.78. The summed E-state index contributed by atoms with van der Waals surface area (Å²) in [5, 5.41) is 0. The van der Waals surface area contributed by atoms with Gasteiger partial charge in [-0.05, 0) is 42.0 Å². The smallest absolute Gasteiger partial charge is 0.162 e. The van der Waals surface area contributed by atoms with Crippen LogP contribution in [0.4, 0.5) is 14.5 Å². The molecule has 0 saturated carbocycles. The lowest BCUT2D eigenvalue weighted by atomic mass is 10.1. The van der Waals surface area contributed by atoms with E-state index < -0.39 is 11.6 Å². The van der Waals surface area contributed by atoms with E-state index in [1.54, 1.807) is 18.5 Å². The van der Waals surface area contributed by atoms with Gasteiger partial charge >= 0.3 is 0 Å². The van der Waals surface area contributed by atoms with Gasteiger partial charge in [0, 0.05) is 50.1 Å². The molecule has 0 spiro atoms. The van der Waals surface area contributed by atoms with Crippen LogP contribution in [0.3, 0.4) is 0 Å². The van der Waals surface area contributed by atoms with E-state index in [1.807, 2.05) is 6.07 Å². The van der Waals surface area contributed by atoms with Crippen molar-refractivity contribution in [2.75, 3.05) is 31.2 Å². The van der Waals surface area contributed by atoms with E-state index in [0.29, 0.717) is 18.5 Å². The van der Waals surface area contributed by atoms with Crippen molar-refractivity contribution in [3.8, 4) is 11.4 Å². The minimum Gasteiger partial charge on any atom is -0.378 e. The average Bonchev–Trinajstić information content (AvgIpc) is 2.85. The van der Waals surface area contributed by atoms with E-state index in [9.17, 15) is 8.78 Å². The largest absolute Gasteiger partial charge is 0.378 e. The number of morpholine rings is 1. The van der Waals surface area contributed by atoms with Crippen LogP contribution in [0.15, 0.2) is 67.0 Å². The molecule has 3 heterocycles. The fourth-order valence-electron chi connectivity index (χ4n) is 3.93. The lowest BCUT2D eigenvalue weighted by molar-refractivity contribution is 0.122. The normalized spacial score (nSPS) is 13.8. The molecule has 4 aromatic rings. The SMILES string of the molecule is Fc1ccc(-c2nccc(Cc3ccnc(Cc4ccc(N5CCOCC5)cc4)n3)n2)c(F)c1. The van der Waals surface area contributed by atoms with Gasteiger partial charge in [-0.25, -0.2) is 28.7 Å². The van der Waals surface area contributed by atoms with Crippen molar-refractivity contribution in [3.63, 3.8) is 0 Å². The Morgan fingerprint density at radius 1 is 0.794 bits per heavy atom. The summed E-state index contributed by atoms with van der Waals surface area (Å²) in [5.41, 5.74) is 3.98. The van der Waals surface area contributed by atoms with E-state index in [-0.39, 0.29) is 11.4 Å².